The molecule has 9 nitrogen and oxygen atoms in total. The van der Waals surface area contributed by atoms with Crippen molar-refractivity contribution < 1.29 is 19.4 Å². The fourth-order valence-corrected chi connectivity index (χ4v) is 6.40. The molecule has 4 aromatic carbocycles. The molecule has 1 atom stereocenters. The zero-order chi connectivity index (χ0) is 35.4. The van der Waals surface area contributed by atoms with Crippen molar-refractivity contribution in [2.75, 3.05) is 19.7 Å². The third kappa shape index (κ3) is 7.79. The standard InChI is InChI=1S/C40H38ClN5O4/c1-40(2,3)50-39(49)46-33(20-31-19-32(41)16-17-36(31)46)23-44-24-34(26-47)45(37(48)25-44)22-27-14-15-30(21-42)35(18-27)43-38(28-10-6-4-7-11-28)29-12-8-5-9-13-29/h4-20,34,47H,22-26H2,1-3H3/t34-/m1/s1. The predicted octanol–water partition coefficient (Wildman–Crippen LogP) is 7.32. The first-order chi connectivity index (χ1) is 24.0. The van der Waals surface area contributed by atoms with Crippen molar-refractivity contribution in [2.24, 2.45) is 4.99 Å². The maximum absolute atomic E-state index is 13.7. The van der Waals surface area contributed by atoms with Crippen LogP contribution in [0.1, 0.15) is 48.7 Å². The number of amides is 1. The second-order valence-electron chi connectivity index (χ2n) is 13.3. The van der Waals surface area contributed by atoms with Gasteiger partial charge in [0.25, 0.3) is 0 Å². The number of ether oxygens (including phenoxy) is 1. The van der Waals surface area contributed by atoms with E-state index in [-0.39, 0.29) is 32.1 Å². The number of rotatable bonds is 8. The van der Waals surface area contributed by atoms with Crippen LogP contribution in [0.15, 0.2) is 108 Å². The predicted molar refractivity (Wildman–Crippen MR) is 195 cm³/mol. The Hall–Kier alpha value is -5.27. The molecule has 10 heteroatoms. The van der Waals surface area contributed by atoms with Gasteiger partial charge in [-0.25, -0.2) is 14.4 Å². The molecule has 0 aliphatic carbocycles. The number of aliphatic hydroxyl groups excluding tert-OH is 1. The summed E-state index contributed by atoms with van der Waals surface area (Å²) in [5.74, 6) is -0.165. The van der Waals surface area contributed by atoms with Gasteiger partial charge in [0.1, 0.15) is 11.7 Å². The molecular formula is C40H38ClN5O4. The van der Waals surface area contributed by atoms with Gasteiger partial charge in [0.2, 0.25) is 5.91 Å². The van der Waals surface area contributed by atoms with Gasteiger partial charge >= 0.3 is 6.09 Å². The molecule has 1 N–H and O–H groups in total. The van der Waals surface area contributed by atoms with Crippen LogP contribution < -0.4 is 0 Å². The Morgan fingerprint density at radius 3 is 2.26 bits per heavy atom. The first-order valence-electron chi connectivity index (χ1n) is 16.4. The molecule has 1 saturated heterocycles. The number of benzene rings is 4. The summed E-state index contributed by atoms with van der Waals surface area (Å²) in [6.45, 7) is 6.16. The number of carbonyl (C=O) groups is 2. The summed E-state index contributed by atoms with van der Waals surface area (Å²) in [6.07, 6.45) is -0.518. The minimum absolute atomic E-state index is 0.0839. The summed E-state index contributed by atoms with van der Waals surface area (Å²) < 4.78 is 7.25. The van der Waals surface area contributed by atoms with Crippen molar-refractivity contribution in [1.82, 2.24) is 14.4 Å². The molecule has 0 bridgehead atoms. The highest BCUT2D eigenvalue weighted by Gasteiger charge is 2.33. The molecule has 1 fully saturated rings. The first-order valence-corrected chi connectivity index (χ1v) is 16.8. The third-order valence-corrected chi connectivity index (χ3v) is 8.70. The number of aromatic nitrogens is 1. The van der Waals surface area contributed by atoms with Crippen molar-refractivity contribution in [1.29, 1.82) is 5.26 Å². The van der Waals surface area contributed by atoms with Gasteiger partial charge in [0.15, 0.2) is 0 Å². The number of nitriles is 1. The molecule has 0 radical (unpaired) electrons. The minimum atomic E-state index is -0.706. The molecular weight excluding hydrogens is 650 g/mol. The average molecular weight is 688 g/mol. The molecule has 1 aliphatic heterocycles. The topological polar surface area (TPSA) is 111 Å². The number of hydrogen-bond acceptors (Lipinski definition) is 7. The summed E-state index contributed by atoms with van der Waals surface area (Å²) in [5, 5.41) is 21.8. The highest BCUT2D eigenvalue weighted by Crippen LogP contribution is 2.29. The molecule has 5 aromatic rings. The van der Waals surface area contributed by atoms with Crippen LogP contribution >= 0.6 is 11.6 Å². The van der Waals surface area contributed by atoms with E-state index in [0.29, 0.717) is 34.0 Å². The highest BCUT2D eigenvalue weighted by molar-refractivity contribution is 6.31. The van der Waals surface area contributed by atoms with Gasteiger partial charge in [-0.2, -0.15) is 5.26 Å². The lowest BCUT2D eigenvalue weighted by Crippen LogP contribution is -2.57. The van der Waals surface area contributed by atoms with Crippen LogP contribution in [0.2, 0.25) is 5.02 Å². The van der Waals surface area contributed by atoms with E-state index in [0.717, 1.165) is 27.8 Å². The van der Waals surface area contributed by atoms with E-state index >= 15 is 0 Å². The van der Waals surface area contributed by atoms with E-state index in [1.807, 2.05) is 105 Å². The van der Waals surface area contributed by atoms with Crippen LogP contribution in [-0.4, -0.2) is 68.5 Å². The lowest BCUT2D eigenvalue weighted by molar-refractivity contribution is -0.142. The number of aliphatic imine (C=N–C) groups is 1. The second kappa shape index (κ2) is 14.7. The Morgan fingerprint density at radius 2 is 1.64 bits per heavy atom. The highest BCUT2D eigenvalue weighted by atomic mass is 35.5. The fraction of sp³-hybridized carbons (Fsp3) is 0.250. The van der Waals surface area contributed by atoms with Crippen molar-refractivity contribution in [3.63, 3.8) is 0 Å². The van der Waals surface area contributed by atoms with Gasteiger partial charge in [-0.05, 0) is 62.7 Å². The first kappa shape index (κ1) is 34.6. The Balaban J connectivity index is 1.26. The van der Waals surface area contributed by atoms with Gasteiger partial charge in [0, 0.05) is 46.9 Å². The molecule has 0 saturated carbocycles. The van der Waals surface area contributed by atoms with Crippen molar-refractivity contribution >= 4 is 45.9 Å². The van der Waals surface area contributed by atoms with Crippen LogP contribution in [0.5, 0.6) is 0 Å². The normalized spacial score (nSPS) is 15.2. The van der Waals surface area contributed by atoms with E-state index in [1.165, 1.54) is 4.57 Å². The minimum Gasteiger partial charge on any atom is -0.443 e. The number of piperazine rings is 1. The van der Waals surface area contributed by atoms with Crippen LogP contribution in [0, 0.1) is 11.3 Å². The van der Waals surface area contributed by atoms with Crippen molar-refractivity contribution in [3.8, 4) is 6.07 Å². The number of aliphatic hydroxyl groups is 1. The summed E-state index contributed by atoms with van der Waals surface area (Å²) in [4.78, 5) is 35.7. The Kier molecular flexibility index (Phi) is 10.2. The van der Waals surface area contributed by atoms with Crippen LogP contribution in [0.25, 0.3) is 10.9 Å². The van der Waals surface area contributed by atoms with E-state index in [4.69, 9.17) is 21.3 Å². The molecule has 6 rings (SSSR count). The number of nitrogens with zero attached hydrogens (tertiary/aromatic N) is 5. The Labute approximate surface area is 296 Å². The van der Waals surface area contributed by atoms with Crippen LogP contribution in [0.3, 0.4) is 0 Å². The summed E-state index contributed by atoms with van der Waals surface area (Å²) in [5.41, 5.74) is 4.84. The molecule has 0 spiro atoms. The lowest BCUT2D eigenvalue weighted by Gasteiger charge is -2.40. The number of fused-ring (bicyclic) bond motifs is 1. The average Bonchev–Trinajstić information content (AvgIpc) is 3.45. The molecule has 0 unspecified atom stereocenters. The van der Waals surface area contributed by atoms with Gasteiger partial charge in [0.05, 0.1) is 41.7 Å². The zero-order valence-electron chi connectivity index (χ0n) is 28.2. The maximum atomic E-state index is 13.7. The van der Waals surface area contributed by atoms with Crippen LogP contribution in [0.4, 0.5) is 10.5 Å². The number of hydrogen-bond donors (Lipinski definition) is 1. The van der Waals surface area contributed by atoms with Gasteiger partial charge < -0.3 is 14.7 Å². The Bertz CT molecular complexity index is 2060. The zero-order valence-corrected chi connectivity index (χ0v) is 29.0. The summed E-state index contributed by atoms with van der Waals surface area (Å²) in [6, 6.07) is 33.9. The monoisotopic (exact) mass is 687 g/mol. The number of halogens is 1. The number of carbonyl (C=O) groups excluding carboxylic acids is 2. The summed E-state index contributed by atoms with van der Waals surface area (Å²) >= 11 is 6.27. The van der Waals surface area contributed by atoms with Gasteiger partial charge in [-0.3, -0.25) is 9.69 Å². The van der Waals surface area contributed by atoms with Gasteiger partial charge in [-0.15, -0.1) is 0 Å². The van der Waals surface area contributed by atoms with E-state index in [9.17, 15) is 20.0 Å². The summed E-state index contributed by atoms with van der Waals surface area (Å²) in [7, 11) is 0. The quantitative estimate of drug-likeness (QED) is 0.171. The largest absolute Gasteiger partial charge is 0.443 e. The SMILES string of the molecule is CC(C)(C)OC(=O)n1c(CN2CC(=O)N(Cc3ccc(C#N)c(N=C(c4ccccc4)c4ccccc4)c3)[C@@H](CO)C2)cc2cc(Cl)ccc21. The molecule has 254 valence electrons. The molecule has 1 aromatic heterocycles. The fourth-order valence-electron chi connectivity index (χ4n) is 6.22. The molecule has 50 heavy (non-hydrogen) atoms. The third-order valence-electron chi connectivity index (χ3n) is 8.46. The molecule has 1 aliphatic rings. The molecule has 1 amide bonds. The lowest BCUT2D eigenvalue weighted by atomic mass is 10.0. The van der Waals surface area contributed by atoms with E-state index in [1.54, 1.807) is 29.2 Å². The van der Waals surface area contributed by atoms with Gasteiger partial charge in [-0.1, -0.05) is 78.3 Å². The van der Waals surface area contributed by atoms with E-state index in [2.05, 4.69) is 6.07 Å². The van der Waals surface area contributed by atoms with Crippen LogP contribution in [-0.2, 0) is 22.6 Å². The van der Waals surface area contributed by atoms with E-state index < -0.39 is 17.7 Å². The second-order valence-corrected chi connectivity index (χ2v) is 13.8. The Morgan fingerprint density at radius 1 is 0.960 bits per heavy atom. The maximum Gasteiger partial charge on any atom is 0.419 e. The smallest absolute Gasteiger partial charge is 0.419 e. The molecule has 2 heterocycles. The van der Waals surface area contributed by atoms with Crippen molar-refractivity contribution in [2.45, 2.75) is 45.5 Å². The van der Waals surface area contributed by atoms with Crippen molar-refractivity contribution in [3.05, 3.63) is 136 Å².